The zero-order valence-corrected chi connectivity index (χ0v) is 18.7. The fourth-order valence-corrected chi connectivity index (χ4v) is 6.18. The lowest BCUT2D eigenvalue weighted by Gasteiger charge is -2.30. The second kappa shape index (κ2) is 6.65. The molecule has 0 saturated carbocycles. The van der Waals surface area contributed by atoms with Crippen LogP contribution >= 0.6 is 34.7 Å². The Kier molecular flexibility index (Phi) is 4.11. The van der Waals surface area contributed by atoms with Gasteiger partial charge in [0.25, 0.3) is 5.78 Å². The van der Waals surface area contributed by atoms with E-state index < -0.39 is 0 Å². The molecule has 0 atom stereocenters. The van der Waals surface area contributed by atoms with Gasteiger partial charge >= 0.3 is 0 Å². The van der Waals surface area contributed by atoms with E-state index in [0.29, 0.717) is 12.4 Å². The topological polar surface area (TPSA) is 69.6 Å². The lowest BCUT2D eigenvalue weighted by atomic mass is 9.94. The van der Waals surface area contributed by atoms with E-state index in [-0.39, 0.29) is 5.60 Å². The van der Waals surface area contributed by atoms with E-state index in [1.807, 2.05) is 24.3 Å². The van der Waals surface area contributed by atoms with Crippen molar-refractivity contribution in [2.75, 3.05) is 0 Å². The second-order valence-corrected chi connectivity index (χ2v) is 10.4. The number of rotatable bonds is 3. The molecule has 0 spiro atoms. The summed E-state index contributed by atoms with van der Waals surface area (Å²) in [5.74, 6) is 1.45. The smallest absolute Gasteiger partial charge is 0.260 e. The molecule has 0 N–H and O–H groups in total. The fraction of sp³-hybridized carbons (Fsp3) is 0.300. The number of hydrogen-bond acceptors (Lipinski definition) is 7. The van der Waals surface area contributed by atoms with Crippen molar-refractivity contribution in [3.8, 4) is 0 Å². The van der Waals surface area contributed by atoms with Gasteiger partial charge in [-0.1, -0.05) is 35.5 Å². The molecule has 0 saturated heterocycles. The number of aromatic nitrogens is 6. The van der Waals surface area contributed by atoms with Gasteiger partial charge in [0.15, 0.2) is 10.8 Å². The van der Waals surface area contributed by atoms with Crippen LogP contribution in [0, 0.1) is 0 Å². The van der Waals surface area contributed by atoms with Crippen LogP contribution in [0.5, 0.6) is 0 Å². The summed E-state index contributed by atoms with van der Waals surface area (Å²) in [6, 6.07) is 7.89. The Bertz CT molecular complexity index is 1420. The van der Waals surface area contributed by atoms with Gasteiger partial charge in [0.2, 0.25) is 0 Å². The molecule has 0 aliphatic carbocycles. The molecule has 7 nitrogen and oxygen atoms in total. The van der Waals surface area contributed by atoms with Gasteiger partial charge in [-0.25, -0.2) is 9.38 Å². The molecule has 1 aromatic carbocycles. The zero-order chi connectivity index (χ0) is 20.5. The Morgan fingerprint density at radius 1 is 1.23 bits per heavy atom. The maximum absolute atomic E-state index is 6.06. The minimum Gasteiger partial charge on any atom is -0.370 e. The summed E-state index contributed by atoms with van der Waals surface area (Å²) in [6.07, 6.45) is 2.42. The third-order valence-corrected chi connectivity index (χ3v) is 7.77. The first-order chi connectivity index (χ1) is 14.5. The summed E-state index contributed by atoms with van der Waals surface area (Å²) in [4.78, 5) is 6.89. The molecule has 5 aromatic rings. The standard InChI is InChI=1S/C20H17ClN6OS2/c1-20(2)7-13-14(8-28-20)30-17-15(13)16-22-10-23-27(16)18-24-25-19(26(17)18)29-9-11-3-5-12(21)6-4-11/h3-6,10H,7-9H2,1-2H3. The number of hydrogen-bond donors (Lipinski definition) is 0. The largest absolute Gasteiger partial charge is 0.370 e. The molecule has 10 heteroatoms. The molecule has 4 aromatic heterocycles. The number of benzene rings is 1. The summed E-state index contributed by atoms with van der Waals surface area (Å²) >= 11 is 9.40. The van der Waals surface area contributed by atoms with Crippen LogP contribution in [0.25, 0.3) is 21.6 Å². The van der Waals surface area contributed by atoms with Crippen molar-refractivity contribution in [2.45, 2.75) is 43.4 Å². The minimum absolute atomic E-state index is 0.202. The van der Waals surface area contributed by atoms with E-state index in [0.717, 1.165) is 38.2 Å². The van der Waals surface area contributed by atoms with Crippen molar-refractivity contribution in [2.24, 2.45) is 0 Å². The molecule has 5 heterocycles. The Morgan fingerprint density at radius 3 is 2.90 bits per heavy atom. The van der Waals surface area contributed by atoms with Crippen LogP contribution in [-0.4, -0.2) is 34.8 Å². The molecule has 152 valence electrons. The molecule has 0 bridgehead atoms. The molecule has 0 radical (unpaired) electrons. The van der Waals surface area contributed by atoms with Gasteiger partial charge in [0, 0.05) is 22.1 Å². The van der Waals surface area contributed by atoms with Crippen LogP contribution in [0.3, 0.4) is 0 Å². The van der Waals surface area contributed by atoms with E-state index in [1.54, 1.807) is 33.9 Å². The number of halogens is 1. The monoisotopic (exact) mass is 456 g/mol. The summed E-state index contributed by atoms with van der Waals surface area (Å²) < 4.78 is 9.96. The van der Waals surface area contributed by atoms with Crippen LogP contribution in [0.15, 0.2) is 35.7 Å². The van der Waals surface area contributed by atoms with E-state index >= 15 is 0 Å². The quantitative estimate of drug-likeness (QED) is 0.364. The van der Waals surface area contributed by atoms with Crippen molar-refractivity contribution < 1.29 is 4.74 Å². The lowest BCUT2D eigenvalue weighted by Crippen LogP contribution is -2.31. The van der Waals surface area contributed by atoms with Crippen molar-refractivity contribution in [3.63, 3.8) is 0 Å². The van der Waals surface area contributed by atoms with Crippen LogP contribution in [-0.2, 0) is 23.5 Å². The van der Waals surface area contributed by atoms with Crippen molar-refractivity contribution in [1.82, 2.24) is 29.2 Å². The summed E-state index contributed by atoms with van der Waals surface area (Å²) in [7, 11) is 0. The first-order valence-electron chi connectivity index (χ1n) is 9.52. The molecule has 1 aliphatic rings. The Hall–Kier alpha value is -2.20. The van der Waals surface area contributed by atoms with Crippen LogP contribution in [0.4, 0.5) is 0 Å². The average Bonchev–Trinajstić information content (AvgIpc) is 3.42. The van der Waals surface area contributed by atoms with Crippen LogP contribution in [0.1, 0.15) is 29.9 Å². The number of thioether (sulfide) groups is 1. The molecule has 0 unspecified atom stereocenters. The molecular weight excluding hydrogens is 440 g/mol. The van der Waals surface area contributed by atoms with E-state index in [4.69, 9.17) is 16.3 Å². The Morgan fingerprint density at radius 2 is 2.07 bits per heavy atom. The summed E-state index contributed by atoms with van der Waals surface area (Å²) in [6.45, 7) is 4.87. The first-order valence-corrected chi connectivity index (χ1v) is 11.7. The van der Waals surface area contributed by atoms with Crippen molar-refractivity contribution >= 4 is 56.3 Å². The van der Waals surface area contributed by atoms with Gasteiger partial charge in [-0.05, 0) is 37.1 Å². The number of fused-ring (bicyclic) bond motifs is 8. The van der Waals surface area contributed by atoms with Gasteiger partial charge in [0.1, 0.15) is 11.2 Å². The lowest BCUT2D eigenvalue weighted by molar-refractivity contribution is -0.0379. The zero-order valence-electron chi connectivity index (χ0n) is 16.3. The minimum atomic E-state index is -0.202. The highest BCUT2D eigenvalue weighted by Crippen LogP contribution is 2.41. The van der Waals surface area contributed by atoms with Gasteiger partial charge in [0.05, 0.1) is 17.6 Å². The first kappa shape index (κ1) is 18.6. The van der Waals surface area contributed by atoms with Crippen LogP contribution in [0.2, 0.25) is 5.02 Å². The predicted molar refractivity (Wildman–Crippen MR) is 118 cm³/mol. The second-order valence-electron chi connectivity index (χ2n) is 7.94. The molecule has 30 heavy (non-hydrogen) atoms. The van der Waals surface area contributed by atoms with Crippen LogP contribution < -0.4 is 0 Å². The maximum Gasteiger partial charge on any atom is 0.260 e. The highest BCUT2D eigenvalue weighted by molar-refractivity contribution is 7.98. The van der Waals surface area contributed by atoms with E-state index in [9.17, 15) is 0 Å². The maximum atomic E-state index is 6.06. The SMILES string of the molecule is CC1(C)Cc2c(sc3c2c2ncnn2c2nnc(SCc4ccc(Cl)cc4)n32)CO1. The number of nitrogens with zero attached hydrogens (tertiary/aromatic N) is 6. The van der Waals surface area contributed by atoms with Crippen molar-refractivity contribution in [1.29, 1.82) is 0 Å². The van der Waals surface area contributed by atoms with Gasteiger partial charge < -0.3 is 4.74 Å². The third-order valence-electron chi connectivity index (χ3n) is 5.33. The molecular formula is C20H17ClN6OS2. The molecule has 1 aliphatic heterocycles. The molecule has 6 rings (SSSR count). The van der Waals surface area contributed by atoms with Gasteiger partial charge in [-0.15, -0.1) is 21.5 Å². The summed E-state index contributed by atoms with van der Waals surface area (Å²) in [5.41, 5.74) is 3.11. The molecule has 0 fully saturated rings. The van der Waals surface area contributed by atoms with E-state index in [2.05, 4.69) is 38.5 Å². The summed E-state index contributed by atoms with van der Waals surface area (Å²) in [5, 5.41) is 16.1. The molecule has 0 amide bonds. The highest BCUT2D eigenvalue weighted by atomic mass is 35.5. The van der Waals surface area contributed by atoms with E-state index in [1.165, 1.54) is 16.0 Å². The normalized spacial score (nSPS) is 16.0. The average molecular weight is 457 g/mol. The third kappa shape index (κ3) is 2.84. The Balaban J connectivity index is 1.54. The van der Waals surface area contributed by atoms with Gasteiger partial charge in [-0.2, -0.15) is 9.61 Å². The van der Waals surface area contributed by atoms with Crippen molar-refractivity contribution in [3.05, 3.63) is 51.6 Å². The number of thiophene rings is 1. The predicted octanol–water partition coefficient (Wildman–Crippen LogP) is 4.78. The Labute approximate surface area is 185 Å². The fourth-order valence-electron chi connectivity index (χ4n) is 3.88. The highest BCUT2D eigenvalue weighted by Gasteiger charge is 2.32. The number of ether oxygens (including phenoxy) is 1. The van der Waals surface area contributed by atoms with Gasteiger partial charge in [-0.3, -0.25) is 0 Å².